The van der Waals surface area contributed by atoms with Crippen molar-refractivity contribution in [2.75, 3.05) is 0 Å². The summed E-state index contributed by atoms with van der Waals surface area (Å²) in [6.45, 7) is 1.72. The second-order valence-corrected chi connectivity index (χ2v) is 4.43. The molecule has 0 aliphatic carbocycles. The van der Waals surface area contributed by atoms with Gasteiger partial charge in [-0.05, 0) is 36.8 Å². The van der Waals surface area contributed by atoms with Gasteiger partial charge in [0.25, 0.3) is 0 Å². The highest BCUT2D eigenvalue weighted by molar-refractivity contribution is 9.08. The molecule has 2 aromatic carbocycles. The number of benzene rings is 2. The lowest BCUT2D eigenvalue weighted by Crippen LogP contribution is -1.95. The van der Waals surface area contributed by atoms with Crippen LogP contribution in [0.15, 0.2) is 36.4 Å². The molecule has 0 saturated heterocycles. The maximum absolute atomic E-state index is 13.7. The Morgan fingerprint density at radius 1 is 1.17 bits per heavy atom. The van der Waals surface area contributed by atoms with E-state index in [4.69, 9.17) is 4.74 Å². The molecule has 0 aliphatic heterocycles. The summed E-state index contributed by atoms with van der Waals surface area (Å²) in [5.41, 5.74) is 1.33. The number of hydrogen-bond donors (Lipinski definition) is 0. The van der Waals surface area contributed by atoms with E-state index in [1.165, 1.54) is 24.3 Å². The summed E-state index contributed by atoms with van der Waals surface area (Å²) < 4.78 is 32.2. The van der Waals surface area contributed by atoms with Crippen LogP contribution < -0.4 is 4.74 Å². The third-order valence-corrected chi connectivity index (χ3v) is 3.15. The van der Waals surface area contributed by atoms with E-state index in [1.54, 1.807) is 19.1 Å². The van der Waals surface area contributed by atoms with Gasteiger partial charge in [-0.25, -0.2) is 8.78 Å². The van der Waals surface area contributed by atoms with Crippen LogP contribution in [0.1, 0.15) is 11.1 Å². The van der Waals surface area contributed by atoms with Gasteiger partial charge in [0.15, 0.2) is 11.6 Å². The van der Waals surface area contributed by atoms with Gasteiger partial charge in [0.1, 0.15) is 11.6 Å². The van der Waals surface area contributed by atoms with Gasteiger partial charge >= 0.3 is 0 Å². The average molecular weight is 313 g/mol. The Bertz CT molecular complexity index is 570. The molecule has 0 radical (unpaired) electrons. The minimum atomic E-state index is -0.435. The lowest BCUT2D eigenvalue weighted by atomic mass is 10.2. The van der Waals surface area contributed by atoms with Crippen LogP contribution in [0, 0.1) is 18.6 Å². The average Bonchev–Trinajstić information content (AvgIpc) is 2.34. The fraction of sp³-hybridized carbons (Fsp3) is 0.143. The first-order valence-corrected chi connectivity index (χ1v) is 6.51. The number of para-hydroxylation sites is 1. The van der Waals surface area contributed by atoms with Gasteiger partial charge in [0.05, 0.1) is 0 Å². The van der Waals surface area contributed by atoms with Crippen LogP contribution in [0.5, 0.6) is 11.5 Å². The quantitative estimate of drug-likeness (QED) is 0.728. The molecule has 18 heavy (non-hydrogen) atoms. The molecule has 0 spiro atoms. The van der Waals surface area contributed by atoms with Gasteiger partial charge in [0.2, 0.25) is 0 Å². The van der Waals surface area contributed by atoms with E-state index in [-0.39, 0.29) is 11.6 Å². The zero-order valence-electron chi connectivity index (χ0n) is 9.71. The van der Waals surface area contributed by atoms with Crippen molar-refractivity contribution in [3.8, 4) is 11.5 Å². The fourth-order valence-corrected chi connectivity index (χ4v) is 2.05. The van der Waals surface area contributed by atoms with Crippen molar-refractivity contribution in [1.82, 2.24) is 0 Å². The minimum absolute atomic E-state index is 0.170. The molecule has 94 valence electrons. The van der Waals surface area contributed by atoms with Gasteiger partial charge in [-0.1, -0.05) is 28.1 Å². The molecular formula is C14H11BrF2O. The summed E-state index contributed by atoms with van der Waals surface area (Å²) in [6, 6.07) is 8.86. The van der Waals surface area contributed by atoms with E-state index in [2.05, 4.69) is 15.9 Å². The zero-order chi connectivity index (χ0) is 13.1. The van der Waals surface area contributed by atoms with E-state index in [0.717, 1.165) is 0 Å². The van der Waals surface area contributed by atoms with Crippen LogP contribution in [-0.4, -0.2) is 0 Å². The van der Waals surface area contributed by atoms with E-state index >= 15 is 0 Å². The van der Waals surface area contributed by atoms with E-state index in [9.17, 15) is 8.78 Å². The number of rotatable bonds is 3. The van der Waals surface area contributed by atoms with Gasteiger partial charge in [-0.15, -0.1) is 0 Å². The van der Waals surface area contributed by atoms with Crippen molar-refractivity contribution in [2.45, 2.75) is 12.3 Å². The maximum Gasteiger partial charge on any atom is 0.167 e. The maximum atomic E-state index is 13.7. The highest BCUT2D eigenvalue weighted by atomic mass is 79.9. The first kappa shape index (κ1) is 13.0. The molecule has 0 atom stereocenters. The molecule has 2 aromatic rings. The molecule has 0 bridgehead atoms. The number of aryl methyl sites for hydroxylation is 1. The molecule has 0 N–H and O–H groups in total. The summed E-state index contributed by atoms with van der Waals surface area (Å²) in [5.74, 6) is -0.155. The lowest BCUT2D eigenvalue weighted by Gasteiger charge is -2.12. The summed E-state index contributed by atoms with van der Waals surface area (Å²) >= 11 is 3.28. The van der Waals surface area contributed by atoms with Crippen molar-refractivity contribution in [3.05, 3.63) is 59.2 Å². The zero-order valence-corrected chi connectivity index (χ0v) is 11.3. The van der Waals surface area contributed by atoms with Gasteiger partial charge < -0.3 is 4.74 Å². The Balaban J connectivity index is 2.39. The number of ether oxygens (including phenoxy) is 1. The first-order valence-electron chi connectivity index (χ1n) is 5.39. The Hall–Kier alpha value is -1.42. The standard InChI is InChI=1S/C14H11BrF2O/c1-9-7-11(16)5-6-13(9)18-14-10(8-15)3-2-4-12(14)17/h2-7H,8H2,1H3. The fourth-order valence-electron chi connectivity index (χ4n) is 1.61. The molecule has 2 rings (SSSR count). The third-order valence-electron chi connectivity index (χ3n) is 2.54. The first-order chi connectivity index (χ1) is 8.61. The Labute approximate surface area is 113 Å². The summed E-state index contributed by atoms with van der Waals surface area (Å²) in [7, 11) is 0. The molecule has 0 amide bonds. The Morgan fingerprint density at radius 2 is 1.94 bits per heavy atom. The topological polar surface area (TPSA) is 9.23 Å². The second-order valence-electron chi connectivity index (χ2n) is 3.87. The molecular weight excluding hydrogens is 302 g/mol. The van der Waals surface area contributed by atoms with Crippen molar-refractivity contribution < 1.29 is 13.5 Å². The molecule has 0 aromatic heterocycles. The van der Waals surface area contributed by atoms with Crippen molar-refractivity contribution in [1.29, 1.82) is 0 Å². The van der Waals surface area contributed by atoms with Crippen LogP contribution in [0.3, 0.4) is 0 Å². The normalized spacial score (nSPS) is 10.4. The molecule has 0 fully saturated rings. The molecule has 0 unspecified atom stereocenters. The minimum Gasteiger partial charge on any atom is -0.454 e. The summed E-state index contributed by atoms with van der Waals surface area (Å²) in [4.78, 5) is 0. The highest BCUT2D eigenvalue weighted by Crippen LogP contribution is 2.31. The van der Waals surface area contributed by atoms with Crippen LogP contribution >= 0.6 is 15.9 Å². The Morgan fingerprint density at radius 3 is 2.61 bits per heavy atom. The number of halogens is 3. The third kappa shape index (κ3) is 2.70. The number of alkyl halides is 1. The smallest absolute Gasteiger partial charge is 0.167 e. The van der Waals surface area contributed by atoms with Crippen molar-refractivity contribution in [2.24, 2.45) is 0 Å². The predicted molar refractivity (Wildman–Crippen MR) is 70.2 cm³/mol. The molecule has 4 heteroatoms. The molecule has 0 heterocycles. The molecule has 0 aliphatic rings. The largest absolute Gasteiger partial charge is 0.454 e. The second kappa shape index (κ2) is 5.48. The van der Waals surface area contributed by atoms with Crippen LogP contribution in [0.4, 0.5) is 8.78 Å². The van der Waals surface area contributed by atoms with Gasteiger partial charge in [0, 0.05) is 10.9 Å². The van der Waals surface area contributed by atoms with Crippen molar-refractivity contribution >= 4 is 15.9 Å². The summed E-state index contributed by atoms with van der Waals surface area (Å²) in [5, 5.41) is 0.486. The Kier molecular flexibility index (Phi) is 3.97. The molecule has 0 saturated carbocycles. The van der Waals surface area contributed by atoms with Gasteiger partial charge in [-0.2, -0.15) is 0 Å². The number of hydrogen-bond acceptors (Lipinski definition) is 1. The molecule has 1 nitrogen and oxygen atoms in total. The van der Waals surface area contributed by atoms with Crippen LogP contribution in [0.2, 0.25) is 0 Å². The highest BCUT2D eigenvalue weighted by Gasteiger charge is 2.11. The van der Waals surface area contributed by atoms with E-state index < -0.39 is 5.82 Å². The predicted octanol–water partition coefficient (Wildman–Crippen LogP) is 4.96. The monoisotopic (exact) mass is 312 g/mol. The van der Waals surface area contributed by atoms with Crippen LogP contribution in [-0.2, 0) is 5.33 Å². The summed E-state index contributed by atoms with van der Waals surface area (Å²) in [6.07, 6.45) is 0. The lowest BCUT2D eigenvalue weighted by molar-refractivity contribution is 0.434. The van der Waals surface area contributed by atoms with Crippen LogP contribution in [0.25, 0.3) is 0 Å². The van der Waals surface area contributed by atoms with Crippen molar-refractivity contribution in [3.63, 3.8) is 0 Å². The van der Waals surface area contributed by atoms with Gasteiger partial charge in [-0.3, -0.25) is 0 Å². The van der Waals surface area contributed by atoms with E-state index in [1.807, 2.05) is 0 Å². The van der Waals surface area contributed by atoms with E-state index in [0.29, 0.717) is 22.2 Å². The SMILES string of the molecule is Cc1cc(F)ccc1Oc1c(F)cccc1CBr.